The molecule has 0 radical (unpaired) electrons. The van der Waals surface area contributed by atoms with Gasteiger partial charge < -0.3 is 4.90 Å². The van der Waals surface area contributed by atoms with Crippen LogP contribution in [0.25, 0.3) is 0 Å². The van der Waals surface area contributed by atoms with Crippen molar-refractivity contribution < 1.29 is 31.2 Å². The molecule has 6 nitrogen and oxygen atoms in total. The van der Waals surface area contributed by atoms with Crippen LogP contribution in [-0.2, 0) is 14.8 Å². The summed E-state index contributed by atoms with van der Waals surface area (Å²) in [6, 6.07) is 6.68. The van der Waals surface area contributed by atoms with Gasteiger partial charge in [0.25, 0.3) is 21.8 Å². The molecule has 2 aromatic rings. The molecular formula is C18H15F3N2O4S. The van der Waals surface area contributed by atoms with Crippen LogP contribution < -0.4 is 4.72 Å². The van der Waals surface area contributed by atoms with Gasteiger partial charge in [-0.1, -0.05) is 6.07 Å². The Labute approximate surface area is 159 Å². The minimum absolute atomic E-state index is 0.00570. The number of carbonyl (C=O) groups is 2. The molecule has 0 bridgehead atoms. The minimum atomic E-state index is -4.63. The quantitative estimate of drug-likeness (QED) is 0.835. The highest BCUT2D eigenvalue weighted by atomic mass is 32.2. The Bertz CT molecular complexity index is 1070. The van der Waals surface area contributed by atoms with Gasteiger partial charge in [-0.05, 0) is 43.7 Å². The Morgan fingerprint density at radius 1 is 1.07 bits per heavy atom. The van der Waals surface area contributed by atoms with Crippen molar-refractivity contribution in [2.45, 2.75) is 23.8 Å². The third kappa shape index (κ3) is 3.47. The molecule has 1 aliphatic rings. The molecule has 1 heterocycles. The van der Waals surface area contributed by atoms with Gasteiger partial charge in [0.05, 0.1) is 0 Å². The average molecular weight is 412 g/mol. The van der Waals surface area contributed by atoms with Crippen LogP contribution in [0.1, 0.15) is 23.7 Å². The zero-order valence-corrected chi connectivity index (χ0v) is 15.4. The van der Waals surface area contributed by atoms with E-state index in [9.17, 15) is 31.2 Å². The van der Waals surface area contributed by atoms with Gasteiger partial charge in [0.15, 0.2) is 0 Å². The van der Waals surface area contributed by atoms with Crippen LogP contribution in [0, 0.1) is 17.5 Å². The van der Waals surface area contributed by atoms with Crippen molar-refractivity contribution in [3.63, 3.8) is 0 Å². The maximum atomic E-state index is 13.8. The van der Waals surface area contributed by atoms with E-state index in [1.165, 1.54) is 19.1 Å². The Kier molecular flexibility index (Phi) is 4.92. The van der Waals surface area contributed by atoms with Crippen molar-refractivity contribution in [3.8, 4) is 0 Å². The van der Waals surface area contributed by atoms with Crippen molar-refractivity contribution in [2.24, 2.45) is 0 Å². The highest BCUT2D eigenvalue weighted by molar-refractivity contribution is 7.90. The number of sulfonamides is 1. The molecule has 148 valence electrons. The molecule has 28 heavy (non-hydrogen) atoms. The van der Waals surface area contributed by atoms with Gasteiger partial charge >= 0.3 is 0 Å². The van der Waals surface area contributed by atoms with Crippen molar-refractivity contribution in [3.05, 3.63) is 65.5 Å². The maximum Gasteiger partial charge on any atom is 0.267 e. The molecule has 0 spiro atoms. The van der Waals surface area contributed by atoms with Gasteiger partial charge in [0.1, 0.15) is 27.9 Å². The van der Waals surface area contributed by atoms with E-state index in [2.05, 4.69) is 0 Å². The zero-order chi connectivity index (χ0) is 20.7. The number of halogens is 3. The molecule has 1 unspecified atom stereocenters. The van der Waals surface area contributed by atoms with Crippen LogP contribution in [0.5, 0.6) is 0 Å². The largest absolute Gasteiger partial charge is 0.324 e. The fourth-order valence-corrected chi connectivity index (χ4v) is 4.01. The Hall–Kier alpha value is -2.88. The first-order valence-corrected chi connectivity index (χ1v) is 9.63. The van der Waals surface area contributed by atoms with Crippen molar-refractivity contribution in [1.82, 2.24) is 9.62 Å². The molecule has 3 rings (SSSR count). The fourth-order valence-electron chi connectivity index (χ4n) is 2.88. The van der Waals surface area contributed by atoms with E-state index in [1.54, 1.807) is 4.72 Å². The smallest absolute Gasteiger partial charge is 0.267 e. The number of rotatable bonds is 4. The van der Waals surface area contributed by atoms with E-state index >= 15 is 0 Å². The Morgan fingerprint density at radius 2 is 1.75 bits per heavy atom. The van der Waals surface area contributed by atoms with Crippen LogP contribution >= 0.6 is 0 Å². The molecule has 1 N–H and O–H groups in total. The first-order chi connectivity index (χ1) is 13.0. The highest BCUT2D eigenvalue weighted by Gasteiger charge is 2.50. The van der Waals surface area contributed by atoms with Gasteiger partial charge in [0, 0.05) is 18.2 Å². The SMILES string of the molecule is CC1(C(=O)NS(=O)(=O)c2ccc(F)cc2F)CCN1C(=O)c1cccc(F)c1. The number of likely N-dealkylation sites (tertiary alicyclic amines) is 1. The summed E-state index contributed by atoms with van der Waals surface area (Å²) in [5.74, 6) is -4.65. The van der Waals surface area contributed by atoms with Gasteiger partial charge in [0.2, 0.25) is 0 Å². The molecule has 1 aliphatic heterocycles. The average Bonchev–Trinajstić information content (AvgIpc) is 2.59. The van der Waals surface area contributed by atoms with Gasteiger partial charge in [-0.15, -0.1) is 0 Å². The lowest BCUT2D eigenvalue weighted by Crippen LogP contribution is -2.67. The second kappa shape index (κ2) is 6.93. The van der Waals surface area contributed by atoms with Crippen molar-refractivity contribution >= 4 is 21.8 Å². The topological polar surface area (TPSA) is 83.6 Å². The number of benzene rings is 2. The summed E-state index contributed by atoms with van der Waals surface area (Å²) in [5.41, 5.74) is -1.52. The maximum absolute atomic E-state index is 13.8. The summed E-state index contributed by atoms with van der Waals surface area (Å²) in [6.45, 7) is 1.50. The summed E-state index contributed by atoms with van der Waals surface area (Å²) in [7, 11) is -4.63. The van der Waals surface area contributed by atoms with E-state index < -0.39 is 49.7 Å². The van der Waals surface area contributed by atoms with E-state index in [0.29, 0.717) is 12.1 Å². The summed E-state index contributed by atoms with van der Waals surface area (Å²) < 4.78 is 66.5. The second-order valence-electron chi connectivity index (χ2n) is 6.50. The number of nitrogens with zero attached hydrogens (tertiary/aromatic N) is 1. The first-order valence-electron chi connectivity index (χ1n) is 8.14. The highest BCUT2D eigenvalue weighted by Crippen LogP contribution is 2.33. The van der Waals surface area contributed by atoms with E-state index in [0.717, 1.165) is 23.1 Å². The number of nitrogens with one attached hydrogen (secondary N) is 1. The number of hydrogen-bond acceptors (Lipinski definition) is 4. The zero-order valence-electron chi connectivity index (χ0n) is 14.6. The first kappa shape index (κ1) is 19.9. The lowest BCUT2D eigenvalue weighted by molar-refractivity contribution is -0.135. The minimum Gasteiger partial charge on any atom is -0.324 e. The van der Waals surface area contributed by atoms with Crippen molar-refractivity contribution in [2.75, 3.05) is 6.54 Å². The third-order valence-corrected chi connectivity index (χ3v) is 6.00. The number of amides is 2. The molecule has 0 saturated carbocycles. The van der Waals surface area contributed by atoms with Crippen LogP contribution in [0.15, 0.2) is 47.4 Å². The summed E-state index contributed by atoms with van der Waals surface area (Å²) in [5, 5.41) is 0. The monoisotopic (exact) mass is 412 g/mol. The van der Waals surface area contributed by atoms with Crippen LogP contribution in [0.2, 0.25) is 0 Å². The van der Waals surface area contributed by atoms with E-state index in [1.807, 2.05) is 0 Å². The van der Waals surface area contributed by atoms with Crippen LogP contribution in [0.3, 0.4) is 0 Å². The second-order valence-corrected chi connectivity index (χ2v) is 8.15. The van der Waals surface area contributed by atoms with Gasteiger partial charge in [-0.3, -0.25) is 9.59 Å². The standard InChI is InChI=1S/C18H15F3N2O4S/c1-18(7-8-23(18)16(24)11-3-2-4-12(19)9-11)17(25)22-28(26,27)15-6-5-13(20)10-14(15)21/h2-6,9-10H,7-8H2,1H3,(H,22,25). The predicted molar refractivity (Wildman–Crippen MR) is 92.1 cm³/mol. The summed E-state index contributed by atoms with van der Waals surface area (Å²) in [6.07, 6.45) is 0.154. The molecule has 0 aliphatic carbocycles. The Balaban J connectivity index is 1.82. The van der Waals surface area contributed by atoms with E-state index in [-0.39, 0.29) is 18.5 Å². The molecule has 0 aromatic heterocycles. The van der Waals surface area contributed by atoms with Crippen molar-refractivity contribution in [1.29, 1.82) is 0 Å². The van der Waals surface area contributed by atoms with E-state index in [4.69, 9.17) is 0 Å². The lowest BCUT2D eigenvalue weighted by atomic mass is 9.85. The van der Waals surface area contributed by atoms with Gasteiger partial charge in [-0.25, -0.2) is 26.3 Å². The fraction of sp³-hybridized carbons (Fsp3) is 0.222. The number of carbonyl (C=O) groups excluding carboxylic acids is 2. The molecule has 1 saturated heterocycles. The molecule has 2 amide bonds. The molecular weight excluding hydrogens is 397 g/mol. The molecule has 1 atom stereocenters. The predicted octanol–water partition coefficient (Wildman–Crippen LogP) is 2.21. The van der Waals surface area contributed by atoms with Gasteiger partial charge in [-0.2, -0.15) is 0 Å². The normalized spacial score (nSPS) is 19.1. The molecule has 1 fully saturated rings. The third-order valence-electron chi connectivity index (χ3n) is 4.63. The van der Waals surface area contributed by atoms with Crippen LogP contribution in [0.4, 0.5) is 13.2 Å². The summed E-state index contributed by atoms with van der Waals surface area (Å²) in [4.78, 5) is 25.3. The lowest BCUT2D eigenvalue weighted by Gasteiger charge is -2.48. The summed E-state index contributed by atoms with van der Waals surface area (Å²) >= 11 is 0. The Morgan fingerprint density at radius 3 is 2.32 bits per heavy atom. The number of hydrogen-bond donors (Lipinski definition) is 1. The van der Waals surface area contributed by atoms with Crippen LogP contribution in [-0.4, -0.2) is 37.2 Å². The molecule has 10 heteroatoms. The molecule has 2 aromatic carbocycles.